The SMILES string of the molecule is CCOc1ccccc1C(=O)Nc1nc2c(s1)CN(S(=O)(=O)CC)CC2. The van der Waals surface area contributed by atoms with Crippen molar-refractivity contribution in [1.29, 1.82) is 0 Å². The van der Waals surface area contributed by atoms with Crippen molar-refractivity contribution in [1.82, 2.24) is 9.29 Å². The van der Waals surface area contributed by atoms with Crippen LogP contribution in [0.15, 0.2) is 24.3 Å². The van der Waals surface area contributed by atoms with Crippen LogP contribution in [0.2, 0.25) is 0 Å². The molecule has 0 atom stereocenters. The molecule has 0 radical (unpaired) electrons. The summed E-state index contributed by atoms with van der Waals surface area (Å²) in [6.07, 6.45) is 0.552. The van der Waals surface area contributed by atoms with Gasteiger partial charge in [-0.3, -0.25) is 10.1 Å². The molecule has 0 unspecified atom stereocenters. The van der Waals surface area contributed by atoms with E-state index >= 15 is 0 Å². The number of thiazole rings is 1. The average molecular weight is 396 g/mol. The van der Waals surface area contributed by atoms with E-state index < -0.39 is 10.0 Å². The first kappa shape index (κ1) is 18.8. The minimum Gasteiger partial charge on any atom is -0.493 e. The third-order valence-electron chi connectivity index (χ3n) is 4.11. The fourth-order valence-electron chi connectivity index (χ4n) is 2.75. The number of carbonyl (C=O) groups is 1. The normalized spacial score (nSPS) is 14.7. The Bertz CT molecular complexity index is 908. The Morgan fingerprint density at radius 1 is 1.35 bits per heavy atom. The van der Waals surface area contributed by atoms with E-state index in [4.69, 9.17) is 4.74 Å². The molecule has 0 saturated carbocycles. The van der Waals surface area contributed by atoms with E-state index in [0.717, 1.165) is 10.6 Å². The number of nitrogens with one attached hydrogen (secondary N) is 1. The van der Waals surface area contributed by atoms with Crippen molar-refractivity contribution in [3.63, 3.8) is 0 Å². The number of hydrogen-bond donors (Lipinski definition) is 1. The minimum absolute atomic E-state index is 0.0823. The predicted molar refractivity (Wildman–Crippen MR) is 101 cm³/mol. The number of ether oxygens (including phenoxy) is 1. The third-order valence-corrected chi connectivity index (χ3v) is 6.93. The lowest BCUT2D eigenvalue weighted by Crippen LogP contribution is -2.36. The molecule has 1 aliphatic heterocycles. The van der Waals surface area contributed by atoms with Gasteiger partial charge >= 0.3 is 0 Å². The summed E-state index contributed by atoms with van der Waals surface area (Å²) in [6.45, 7) is 4.71. The van der Waals surface area contributed by atoms with Crippen LogP contribution in [0.1, 0.15) is 34.8 Å². The van der Waals surface area contributed by atoms with Crippen LogP contribution in [-0.2, 0) is 23.0 Å². The van der Waals surface area contributed by atoms with Gasteiger partial charge in [-0.1, -0.05) is 12.1 Å². The molecule has 0 spiro atoms. The molecule has 2 heterocycles. The fraction of sp³-hybridized carbons (Fsp3) is 0.412. The number of carbonyl (C=O) groups excluding carboxylic acids is 1. The van der Waals surface area contributed by atoms with E-state index in [1.807, 2.05) is 13.0 Å². The first-order chi connectivity index (χ1) is 12.4. The number of hydrogen-bond acceptors (Lipinski definition) is 6. The summed E-state index contributed by atoms with van der Waals surface area (Å²) >= 11 is 1.32. The maximum atomic E-state index is 12.6. The Morgan fingerprint density at radius 2 is 2.12 bits per heavy atom. The van der Waals surface area contributed by atoms with Gasteiger partial charge in [0.05, 0.1) is 23.6 Å². The topological polar surface area (TPSA) is 88.6 Å². The fourth-order valence-corrected chi connectivity index (χ4v) is 4.91. The molecule has 140 valence electrons. The van der Waals surface area contributed by atoms with E-state index in [0.29, 0.717) is 42.6 Å². The van der Waals surface area contributed by atoms with Crippen molar-refractivity contribution < 1.29 is 17.9 Å². The van der Waals surface area contributed by atoms with Gasteiger partial charge in [-0.25, -0.2) is 13.4 Å². The maximum Gasteiger partial charge on any atom is 0.261 e. The molecule has 3 rings (SSSR count). The van der Waals surface area contributed by atoms with Crippen molar-refractivity contribution in [2.24, 2.45) is 0 Å². The van der Waals surface area contributed by atoms with Gasteiger partial charge in [0.15, 0.2) is 5.13 Å². The Hall–Kier alpha value is -1.97. The third kappa shape index (κ3) is 3.89. The quantitative estimate of drug-likeness (QED) is 0.812. The van der Waals surface area contributed by atoms with Gasteiger partial charge in [0.2, 0.25) is 10.0 Å². The van der Waals surface area contributed by atoms with Crippen molar-refractivity contribution in [2.45, 2.75) is 26.8 Å². The summed E-state index contributed by atoms with van der Waals surface area (Å²) in [5.74, 6) is 0.311. The molecule has 2 aromatic rings. The summed E-state index contributed by atoms with van der Waals surface area (Å²) in [4.78, 5) is 17.9. The van der Waals surface area contributed by atoms with E-state index in [-0.39, 0.29) is 11.7 Å². The summed E-state index contributed by atoms with van der Waals surface area (Å²) < 4.78 is 31.1. The van der Waals surface area contributed by atoms with E-state index in [1.54, 1.807) is 25.1 Å². The zero-order valence-electron chi connectivity index (χ0n) is 14.7. The highest BCUT2D eigenvalue weighted by molar-refractivity contribution is 7.89. The highest BCUT2D eigenvalue weighted by Gasteiger charge is 2.28. The number of fused-ring (bicyclic) bond motifs is 1. The lowest BCUT2D eigenvalue weighted by Gasteiger charge is -2.24. The van der Waals surface area contributed by atoms with Gasteiger partial charge in [0.25, 0.3) is 5.91 Å². The summed E-state index contributed by atoms with van der Waals surface area (Å²) in [7, 11) is -3.22. The predicted octanol–water partition coefficient (Wildman–Crippen LogP) is 2.50. The van der Waals surface area contributed by atoms with Gasteiger partial charge < -0.3 is 4.74 Å². The molecule has 26 heavy (non-hydrogen) atoms. The molecule has 0 fully saturated rings. The largest absolute Gasteiger partial charge is 0.493 e. The highest BCUT2D eigenvalue weighted by atomic mass is 32.2. The molecule has 1 aromatic heterocycles. The van der Waals surface area contributed by atoms with Gasteiger partial charge in [0.1, 0.15) is 5.75 Å². The van der Waals surface area contributed by atoms with Gasteiger partial charge in [-0.05, 0) is 26.0 Å². The maximum absolute atomic E-state index is 12.6. The molecule has 9 heteroatoms. The number of aromatic nitrogens is 1. The van der Waals surface area contributed by atoms with Crippen LogP contribution in [-0.4, -0.2) is 42.5 Å². The van der Waals surface area contributed by atoms with Gasteiger partial charge in [0, 0.05) is 24.4 Å². The standard InChI is InChI=1S/C17H21N3O4S2/c1-3-24-14-8-6-5-7-12(14)16(21)19-17-18-13-9-10-20(11-15(13)25-17)26(22,23)4-2/h5-8H,3-4,9-11H2,1-2H3,(H,18,19,21). The lowest BCUT2D eigenvalue weighted by molar-refractivity contribution is 0.102. The molecule has 1 aliphatic rings. The second-order valence-corrected chi connectivity index (χ2v) is 9.10. The number of anilines is 1. The van der Waals surface area contributed by atoms with Crippen LogP contribution in [0.4, 0.5) is 5.13 Å². The molecule has 0 saturated heterocycles. The molecule has 1 aromatic carbocycles. The molecule has 1 amide bonds. The molecule has 1 N–H and O–H groups in total. The molecule has 0 bridgehead atoms. The van der Waals surface area contributed by atoms with Crippen molar-refractivity contribution >= 4 is 32.4 Å². The zero-order valence-corrected chi connectivity index (χ0v) is 16.3. The van der Waals surface area contributed by atoms with E-state index in [2.05, 4.69) is 10.3 Å². The first-order valence-corrected chi connectivity index (χ1v) is 10.9. The minimum atomic E-state index is -3.22. The summed E-state index contributed by atoms with van der Waals surface area (Å²) in [6, 6.07) is 7.03. The summed E-state index contributed by atoms with van der Waals surface area (Å²) in [5.41, 5.74) is 1.30. The molecular formula is C17H21N3O4S2. The van der Waals surface area contributed by atoms with Gasteiger partial charge in [-0.15, -0.1) is 11.3 Å². The molecular weight excluding hydrogens is 374 g/mol. The number of sulfonamides is 1. The van der Waals surface area contributed by atoms with Gasteiger partial charge in [-0.2, -0.15) is 4.31 Å². The van der Waals surface area contributed by atoms with E-state index in [9.17, 15) is 13.2 Å². The Kier molecular flexibility index (Phi) is 5.59. The Morgan fingerprint density at radius 3 is 2.85 bits per heavy atom. The molecule has 7 nitrogen and oxygen atoms in total. The number of para-hydroxylation sites is 1. The van der Waals surface area contributed by atoms with Crippen LogP contribution in [0.25, 0.3) is 0 Å². The number of amides is 1. The molecule has 0 aliphatic carbocycles. The second kappa shape index (κ2) is 7.73. The van der Waals surface area contributed by atoms with Crippen LogP contribution in [0.3, 0.4) is 0 Å². The number of benzene rings is 1. The average Bonchev–Trinajstić information content (AvgIpc) is 3.03. The second-order valence-electron chi connectivity index (χ2n) is 5.76. The smallest absolute Gasteiger partial charge is 0.261 e. The van der Waals surface area contributed by atoms with Crippen LogP contribution in [0.5, 0.6) is 5.75 Å². The van der Waals surface area contributed by atoms with Crippen molar-refractivity contribution in [3.05, 3.63) is 40.4 Å². The Balaban J connectivity index is 1.76. The number of rotatable bonds is 6. The monoisotopic (exact) mass is 395 g/mol. The van der Waals surface area contributed by atoms with Crippen LogP contribution < -0.4 is 10.1 Å². The summed E-state index contributed by atoms with van der Waals surface area (Å²) in [5, 5.41) is 3.28. The van der Waals surface area contributed by atoms with Crippen molar-refractivity contribution in [2.75, 3.05) is 24.2 Å². The van der Waals surface area contributed by atoms with Crippen molar-refractivity contribution in [3.8, 4) is 5.75 Å². The zero-order chi connectivity index (χ0) is 18.7. The van der Waals surface area contributed by atoms with Crippen LogP contribution in [0, 0.1) is 0 Å². The van der Waals surface area contributed by atoms with Crippen LogP contribution >= 0.6 is 11.3 Å². The first-order valence-electron chi connectivity index (χ1n) is 8.44. The lowest BCUT2D eigenvalue weighted by atomic mass is 10.2. The number of nitrogens with zero attached hydrogens (tertiary/aromatic N) is 2. The Labute approximate surface area is 157 Å². The highest BCUT2D eigenvalue weighted by Crippen LogP contribution is 2.30. The van der Waals surface area contributed by atoms with E-state index in [1.165, 1.54) is 15.6 Å².